The van der Waals surface area contributed by atoms with E-state index in [1.165, 1.54) is 6.08 Å². The first-order valence-corrected chi connectivity index (χ1v) is 6.76. The van der Waals surface area contributed by atoms with E-state index in [4.69, 9.17) is 24.1 Å². The Morgan fingerprint density at radius 1 is 1.33 bits per heavy atom. The van der Waals surface area contributed by atoms with Crippen LogP contribution in [0.4, 0.5) is 0 Å². The molecule has 21 heavy (non-hydrogen) atoms. The highest BCUT2D eigenvalue weighted by atomic mass is 16.7. The number of benzene rings is 1. The molecule has 0 unspecified atom stereocenters. The van der Waals surface area contributed by atoms with Gasteiger partial charge < -0.3 is 24.1 Å². The van der Waals surface area contributed by atoms with Crippen LogP contribution in [0.1, 0.15) is 18.9 Å². The zero-order chi connectivity index (χ0) is 15.1. The molecule has 0 aliphatic carbocycles. The van der Waals surface area contributed by atoms with Crippen LogP contribution in [0.25, 0.3) is 6.08 Å². The van der Waals surface area contributed by atoms with Crippen LogP contribution in [0.2, 0.25) is 0 Å². The molecule has 0 bridgehead atoms. The molecular formula is C15H18O6. The van der Waals surface area contributed by atoms with Gasteiger partial charge in [-0.2, -0.15) is 0 Å². The summed E-state index contributed by atoms with van der Waals surface area (Å²) in [4.78, 5) is 10.6. The number of carboxylic acid groups (broad SMARTS) is 1. The molecule has 0 saturated heterocycles. The Morgan fingerprint density at radius 2 is 2.10 bits per heavy atom. The van der Waals surface area contributed by atoms with Crippen molar-refractivity contribution in [1.29, 1.82) is 0 Å². The van der Waals surface area contributed by atoms with Crippen molar-refractivity contribution >= 4 is 12.0 Å². The fraction of sp³-hybridized carbons (Fsp3) is 0.400. The van der Waals surface area contributed by atoms with E-state index in [2.05, 4.69) is 0 Å². The Hall–Kier alpha value is -2.21. The Morgan fingerprint density at radius 3 is 2.81 bits per heavy atom. The summed E-state index contributed by atoms with van der Waals surface area (Å²) in [7, 11) is 0. The van der Waals surface area contributed by atoms with Crippen LogP contribution in [-0.2, 0) is 9.53 Å². The van der Waals surface area contributed by atoms with Crippen molar-refractivity contribution in [2.24, 2.45) is 0 Å². The summed E-state index contributed by atoms with van der Waals surface area (Å²) in [6, 6.07) is 3.42. The highest BCUT2D eigenvalue weighted by Gasteiger charge is 2.17. The summed E-state index contributed by atoms with van der Waals surface area (Å²) in [6.07, 6.45) is 3.29. The third kappa shape index (κ3) is 4.39. The number of hydrogen-bond acceptors (Lipinski definition) is 5. The van der Waals surface area contributed by atoms with Crippen molar-refractivity contribution < 1.29 is 28.8 Å². The van der Waals surface area contributed by atoms with Gasteiger partial charge in [-0.25, -0.2) is 4.79 Å². The third-order valence-electron chi connectivity index (χ3n) is 2.81. The number of carbonyl (C=O) groups is 1. The predicted molar refractivity (Wildman–Crippen MR) is 75.8 cm³/mol. The van der Waals surface area contributed by atoms with Gasteiger partial charge in [0.15, 0.2) is 11.5 Å². The monoisotopic (exact) mass is 294 g/mol. The van der Waals surface area contributed by atoms with Gasteiger partial charge in [-0.1, -0.05) is 0 Å². The second-order valence-electron chi connectivity index (χ2n) is 4.31. The number of carboxylic acids is 1. The minimum absolute atomic E-state index is 0.158. The summed E-state index contributed by atoms with van der Waals surface area (Å²) in [5.74, 6) is 0.729. The molecule has 6 nitrogen and oxygen atoms in total. The largest absolute Gasteiger partial charge is 0.493 e. The van der Waals surface area contributed by atoms with E-state index in [0.717, 1.165) is 12.5 Å². The third-order valence-corrected chi connectivity index (χ3v) is 2.81. The zero-order valence-corrected chi connectivity index (χ0v) is 11.8. The Bertz CT molecular complexity index is 523. The Balaban J connectivity index is 2.07. The maximum Gasteiger partial charge on any atom is 0.328 e. The lowest BCUT2D eigenvalue weighted by Crippen LogP contribution is -2.03. The van der Waals surface area contributed by atoms with E-state index >= 15 is 0 Å². The number of hydrogen-bond donors (Lipinski definition) is 1. The SMILES string of the molecule is CCOCCCOc1cc2c(cc1C=CC(=O)O)OCO2. The normalized spacial score (nSPS) is 12.8. The number of ether oxygens (including phenoxy) is 4. The fourth-order valence-corrected chi connectivity index (χ4v) is 1.84. The number of aliphatic carboxylic acids is 1. The molecule has 0 saturated carbocycles. The summed E-state index contributed by atoms with van der Waals surface area (Å²) < 4.78 is 21.5. The van der Waals surface area contributed by atoms with Crippen LogP contribution >= 0.6 is 0 Å². The number of rotatable bonds is 8. The van der Waals surface area contributed by atoms with E-state index < -0.39 is 5.97 Å². The first-order valence-electron chi connectivity index (χ1n) is 6.76. The molecule has 1 heterocycles. The topological polar surface area (TPSA) is 74.2 Å². The fourth-order valence-electron chi connectivity index (χ4n) is 1.84. The van der Waals surface area contributed by atoms with Crippen molar-refractivity contribution in [2.45, 2.75) is 13.3 Å². The second kappa shape index (κ2) is 7.54. The highest BCUT2D eigenvalue weighted by molar-refractivity contribution is 5.86. The molecule has 1 aromatic rings. The van der Waals surface area contributed by atoms with Crippen molar-refractivity contribution in [3.63, 3.8) is 0 Å². The van der Waals surface area contributed by atoms with E-state index in [-0.39, 0.29) is 6.79 Å². The van der Waals surface area contributed by atoms with Crippen LogP contribution in [0.5, 0.6) is 17.2 Å². The Labute approximate surface area is 122 Å². The van der Waals surface area contributed by atoms with Crippen molar-refractivity contribution in [3.05, 3.63) is 23.8 Å². The molecule has 1 N–H and O–H groups in total. The molecule has 6 heteroatoms. The standard InChI is InChI=1S/C15H18O6/c1-2-18-6-3-7-19-12-9-14-13(20-10-21-14)8-11(12)4-5-15(16)17/h4-5,8-9H,2-3,6-7,10H2,1H3,(H,16,17). The van der Waals surface area contributed by atoms with Crippen molar-refractivity contribution in [1.82, 2.24) is 0 Å². The van der Waals surface area contributed by atoms with Gasteiger partial charge in [0.05, 0.1) is 6.61 Å². The first-order chi connectivity index (χ1) is 10.2. The molecule has 114 valence electrons. The van der Waals surface area contributed by atoms with E-state index in [1.54, 1.807) is 12.1 Å². The van der Waals surface area contributed by atoms with Crippen molar-refractivity contribution in [2.75, 3.05) is 26.6 Å². The molecule has 0 amide bonds. The summed E-state index contributed by atoms with van der Waals surface area (Å²) >= 11 is 0. The van der Waals surface area contributed by atoms with Gasteiger partial charge in [0.1, 0.15) is 5.75 Å². The van der Waals surface area contributed by atoms with E-state index in [9.17, 15) is 4.79 Å². The first kappa shape index (κ1) is 15.2. The smallest absolute Gasteiger partial charge is 0.328 e. The minimum atomic E-state index is -1.02. The molecule has 0 aromatic heterocycles. The van der Waals surface area contributed by atoms with Gasteiger partial charge >= 0.3 is 5.97 Å². The zero-order valence-electron chi connectivity index (χ0n) is 11.8. The van der Waals surface area contributed by atoms with E-state index in [0.29, 0.717) is 42.6 Å². The average Bonchev–Trinajstić information content (AvgIpc) is 2.91. The number of fused-ring (bicyclic) bond motifs is 1. The Kier molecular flexibility index (Phi) is 5.45. The van der Waals surface area contributed by atoms with Gasteiger partial charge in [0.25, 0.3) is 0 Å². The maximum absolute atomic E-state index is 10.6. The molecule has 2 rings (SSSR count). The van der Waals surface area contributed by atoms with Gasteiger partial charge in [-0.3, -0.25) is 0 Å². The second-order valence-corrected chi connectivity index (χ2v) is 4.31. The molecular weight excluding hydrogens is 276 g/mol. The van der Waals surface area contributed by atoms with Crippen molar-refractivity contribution in [3.8, 4) is 17.2 Å². The predicted octanol–water partition coefficient (Wildman–Crippen LogP) is 2.32. The summed E-state index contributed by atoms with van der Waals surface area (Å²) in [5.41, 5.74) is 0.637. The molecule has 0 fully saturated rings. The molecule has 1 aliphatic heterocycles. The lowest BCUT2D eigenvalue weighted by Gasteiger charge is -2.10. The molecule has 0 atom stereocenters. The molecule has 1 aromatic carbocycles. The lowest BCUT2D eigenvalue weighted by atomic mass is 10.1. The van der Waals surface area contributed by atoms with Crippen LogP contribution in [0.15, 0.2) is 18.2 Å². The van der Waals surface area contributed by atoms with Gasteiger partial charge in [-0.05, 0) is 19.1 Å². The highest BCUT2D eigenvalue weighted by Crippen LogP contribution is 2.38. The lowest BCUT2D eigenvalue weighted by molar-refractivity contribution is -0.131. The van der Waals surface area contributed by atoms with Crippen LogP contribution in [0.3, 0.4) is 0 Å². The van der Waals surface area contributed by atoms with Gasteiger partial charge in [0, 0.05) is 37.3 Å². The minimum Gasteiger partial charge on any atom is -0.493 e. The molecule has 0 radical (unpaired) electrons. The average molecular weight is 294 g/mol. The quantitative estimate of drug-likeness (QED) is 0.586. The molecule has 0 spiro atoms. The maximum atomic E-state index is 10.6. The summed E-state index contributed by atoms with van der Waals surface area (Å²) in [5, 5.41) is 8.73. The van der Waals surface area contributed by atoms with E-state index in [1.807, 2.05) is 6.92 Å². The van der Waals surface area contributed by atoms with Crippen LogP contribution in [0, 0.1) is 0 Å². The van der Waals surface area contributed by atoms with Crippen LogP contribution in [-0.4, -0.2) is 37.7 Å². The van der Waals surface area contributed by atoms with Gasteiger partial charge in [-0.15, -0.1) is 0 Å². The van der Waals surface area contributed by atoms with Crippen LogP contribution < -0.4 is 14.2 Å². The van der Waals surface area contributed by atoms with Gasteiger partial charge in [0.2, 0.25) is 6.79 Å². The molecule has 1 aliphatic rings. The summed E-state index contributed by atoms with van der Waals surface area (Å²) in [6.45, 7) is 3.88.